The zero-order chi connectivity index (χ0) is 24.2. The Morgan fingerprint density at radius 3 is 2.29 bits per heavy atom. The number of nitrogens with zero attached hydrogens (tertiary/aromatic N) is 2. The monoisotopic (exact) mass is 454 g/mol. The van der Waals surface area contributed by atoms with Crippen LogP contribution in [0.3, 0.4) is 0 Å². The van der Waals surface area contributed by atoms with E-state index in [2.05, 4.69) is 30.5 Å². The fourth-order valence-electron chi connectivity index (χ4n) is 4.06. The number of carbonyl (C=O) groups is 1. The van der Waals surface area contributed by atoms with Crippen LogP contribution in [0, 0.1) is 15.9 Å². The molecule has 34 heavy (non-hydrogen) atoms. The van der Waals surface area contributed by atoms with Gasteiger partial charge >= 0.3 is 0 Å². The first-order valence-corrected chi connectivity index (χ1v) is 10.9. The molecule has 0 fully saturated rings. The van der Waals surface area contributed by atoms with E-state index in [0.29, 0.717) is 5.56 Å². The highest BCUT2D eigenvalue weighted by Gasteiger charge is 2.18. The van der Waals surface area contributed by atoms with Gasteiger partial charge in [-0.2, -0.15) is 0 Å². The van der Waals surface area contributed by atoms with Gasteiger partial charge in [-0.1, -0.05) is 42.5 Å². The van der Waals surface area contributed by atoms with E-state index in [4.69, 9.17) is 0 Å². The van der Waals surface area contributed by atoms with E-state index in [1.54, 1.807) is 24.3 Å². The highest BCUT2D eigenvalue weighted by molar-refractivity contribution is 6.05. The van der Waals surface area contributed by atoms with Crippen LogP contribution in [0.4, 0.5) is 10.1 Å². The smallest absolute Gasteiger partial charge is 0.269 e. The van der Waals surface area contributed by atoms with Crippen LogP contribution in [0.1, 0.15) is 35.9 Å². The average Bonchev–Trinajstić information content (AvgIpc) is 3.16. The Morgan fingerprint density at radius 1 is 0.971 bits per heavy atom. The fourth-order valence-corrected chi connectivity index (χ4v) is 4.06. The van der Waals surface area contributed by atoms with E-state index >= 15 is 0 Å². The standard InChI is InChI=1S/C28H23FN2O3/c1-19(2)30-25-8-4-3-7-24(25)28(21-11-15-22(29)16-12-21)26(30)9-5-6-10-27(32)20-13-17-23(18-14-20)31(33)34/h3-19H,1-2H3/b9-5+,10-6+. The minimum absolute atomic E-state index is 0.0599. The number of rotatable bonds is 7. The molecule has 5 nitrogen and oxygen atoms in total. The van der Waals surface area contributed by atoms with Crippen LogP contribution in [0.25, 0.3) is 28.1 Å². The molecule has 6 heteroatoms. The molecule has 4 rings (SSSR count). The van der Waals surface area contributed by atoms with Crippen molar-refractivity contribution in [1.29, 1.82) is 0 Å². The molecule has 0 aliphatic carbocycles. The number of non-ortho nitro benzene ring substituents is 1. The molecule has 4 aromatic rings. The molecule has 0 aliphatic heterocycles. The van der Waals surface area contributed by atoms with Crippen molar-refractivity contribution < 1.29 is 14.1 Å². The molecule has 0 saturated carbocycles. The molecule has 3 aromatic carbocycles. The van der Waals surface area contributed by atoms with Gasteiger partial charge in [0.25, 0.3) is 5.69 Å². The topological polar surface area (TPSA) is 65.1 Å². The van der Waals surface area contributed by atoms with E-state index in [1.165, 1.54) is 42.5 Å². The number of aromatic nitrogens is 1. The summed E-state index contributed by atoms with van der Waals surface area (Å²) in [5.41, 5.74) is 4.24. The molecule has 0 amide bonds. The first kappa shape index (κ1) is 22.9. The number of hydrogen-bond acceptors (Lipinski definition) is 3. The molecule has 1 aromatic heterocycles. The Hall–Kier alpha value is -4.32. The van der Waals surface area contributed by atoms with Gasteiger partial charge in [-0.15, -0.1) is 0 Å². The normalized spacial score (nSPS) is 11.8. The van der Waals surface area contributed by atoms with Crippen LogP contribution in [0.15, 0.2) is 91.0 Å². The third-order valence-corrected chi connectivity index (χ3v) is 5.57. The largest absolute Gasteiger partial charge is 0.338 e. The van der Waals surface area contributed by atoms with Gasteiger partial charge in [0.15, 0.2) is 5.78 Å². The number of nitro groups is 1. The Labute approximate surface area is 196 Å². The highest BCUT2D eigenvalue weighted by Crippen LogP contribution is 2.37. The molecule has 1 heterocycles. The summed E-state index contributed by atoms with van der Waals surface area (Å²) >= 11 is 0. The molecule has 170 valence electrons. The SMILES string of the molecule is CC(C)n1c(/C=C/C=C/C(=O)c2ccc([N+](=O)[O-])cc2)c(-c2ccc(F)cc2)c2ccccc21. The summed E-state index contributed by atoms with van der Waals surface area (Å²) in [6.07, 6.45) is 6.82. The van der Waals surface area contributed by atoms with Crippen molar-refractivity contribution in [2.24, 2.45) is 0 Å². The van der Waals surface area contributed by atoms with Crippen LogP contribution in [0.5, 0.6) is 0 Å². The van der Waals surface area contributed by atoms with Crippen LogP contribution in [0.2, 0.25) is 0 Å². The molecule has 0 saturated heterocycles. The maximum Gasteiger partial charge on any atom is 0.269 e. The van der Waals surface area contributed by atoms with E-state index in [1.807, 2.05) is 18.2 Å². The van der Waals surface area contributed by atoms with Crippen molar-refractivity contribution in [1.82, 2.24) is 4.57 Å². The van der Waals surface area contributed by atoms with Gasteiger partial charge in [-0.25, -0.2) is 4.39 Å². The second kappa shape index (κ2) is 9.67. The summed E-state index contributed by atoms with van der Waals surface area (Å²) in [6.45, 7) is 4.21. The Morgan fingerprint density at radius 2 is 1.65 bits per heavy atom. The van der Waals surface area contributed by atoms with E-state index in [0.717, 1.165) is 27.7 Å². The molecule has 0 spiro atoms. The summed E-state index contributed by atoms with van der Waals surface area (Å²) in [4.78, 5) is 22.7. The van der Waals surface area contributed by atoms with E-state index in [9.17, 15) is 19.3 Å². The van der Waals surface area contributed by atoms with Crippen molar-refractivity contribution >= 4 is 28.4 Å². The molecule has 0 N–H and O–H groups in total. The number of carbonyl (C=O) groups excluding carboxylic acids is 1. The van der Waals surface area contributed by atoms with Gasteiger partial charge in [0.05, 0.1) is 4.92 Å². The summed E-state index contributed by atoms with van der Waals surface area (Å²) < 4.78 is 15.8. The lowest BCUT2D eigenvalue weighted by Crippen LogP contribution is -2.02. The lowest BCUT2D eigenvalue weighted by molar-refractivity contribution is -0.384. The number of benzene rings is 3. The van der Waals surface area contributed by atoms with E-state index < -0.39 is 4.92 Å². The zero-order valence-corrected chi connectivity index (χ0v) is 18.8. The van der Waals surface area contributed by atoms with Gasteiger partial charge in [0.2, 0.25) is 0 Å². The van der Waals surface area contributed by atoms with Crippen LogP contribution >= 0.6 is 0 Å². The second-order valence-electron chi connectivity index (χ2n) is 8.13. The number of para-hydroxylation sites is 1. The number of hydrogen-bond donors (Lipinski definition) is 0. The summed E-state index contributed by atoms with van der Waals surface area (Å²) in [5.74, 6) is -0.538. The maximum atomic E-state index is 13.6. The van der Waals surface area contributed by atoms with Crippen molar-refractivity contribution in [2.45, 2.75) is 19.9 Å². The zero-order valence-electron chi connectivity index (χ0n) is 18.8. The summed E-state index contributed by atoms with van der Waals surface area (Å²) in [7, 11) is 0. The minimum atomic E-state index is -0.501. The number of halogens is 1. The predicted octanol–water partition coefficient (Wildman–Crippen LogP) is 7.39. The molecule has 0 radical (unpaired) electrons. The minimum Gasteiger partial charge on any atom is -0.338 e. The predicted molar refractivity (Wildman–Crippen MR) is 133 cm³/mol. The van der Waals surface area contributed by atoms with Crippen molar-refractivity contribution in [2.75, 3.05) is 0 Å². The lowest BCUT2D eigenvalue weighted by Gasteiger charge is -2.13. The molecule has 0 bridgehead atoms. The lowest BCUT2D eigenvalue weighted by atomic mass is 10.0. The molecule has 0 aliphatic rings. The van der Waals surface area contributed by atoms with E-state index in [-0.39, 0.29) is 23.3 Å². The third kappa shape index (κ3) is 4.57. The second-order valence-corrected chi connectivity index (χ2v) is 8.13. The molecule has 0 unspecified atom stereocenters. The van der Waals surface area contributed by atoms with Crippen molar-refractivity contribution in [3.05, 3.63) is 118 Å². The number of nitro benzene ring substituents is 1. The Bertz CT molecular complexity index is 1410. The summed E-state index contributed by atoms with van der Waals surface area (Å²) in [6, 6.07) is 20.2. The first-order valence-electron chi connectivity index (χ1n) is 10.9. The third-order valence-electron chi connectivity index (χ3n) is 5.57. The number of allylic oxidation sites excluding steroid dienone is 3. The van der Waals surface area contributed by atoms with Gasteiger partial charge < -0.3 is 4.57 Å². The molecular formula is C28H23FN2O3. The Balaban J connectivity index is 1.71. The molecular weight excluding hydrogens is 431 g/mol. The van der Waals surface area contributed by atoms with Crippen molar-refractivity contribution in [3.63, 3.8) is 0 Å². The van der Waals surface area contributed by atoms with Gasteiger partial charge in [-0.05, 0) is 61.9 Å². The fraction of sp³-hybridized carbons (Fsp3) is 0.107. The number of ketones is 1. The van der Waals surface area contributed by atoms with Crippen LogP contribution < -0.4 is 0 Å². The van der Waals surface area contributed by atoms with Crippen LogP contribution in [-0.2, 0) is 0 Å². The Kier molecular flexibility index (Phi) is 6.50. The summed E-state index contributed by atoms with van der Waals surface area (Å²) in [5, 5.41) is 11.9. The van der Waals surface area contributed by atoms with Crippen LogP contribution in [-0.4, -0.2) is 15.3 Å². The van der Waals surface area contributed by atoms with Gasteiger partial charge in [0, 0.05) is 45.9 Å². The maximum absolute atomic E-state index is 13.6. The van der Waals surface area contributed by atoms with Gasteiger partial charge in [-0.3, -0.25) is 14.9 Å². The van der Waals surface area contributed by atoms with Gasteiger partial charge in [0.1, 0.15) is 5.82 Å². The quantitative estimate of drug-likeness (QED) is 0.0961. The highest BCUT2D eigenvalue weighted by atomic mass is 19.1. The average molecular weight is 455 g/mol. The molecule has 0 atom stereocenters. The van der Waals surface area contributed by atoms with Crippen molar-refractivity contribution in [3.8, 4) is 11.1 Å². The first-order chi connectivity index (χ1) is 16.4. The number of fused-ring (bicyclic) bond motifs is 1.